The molecular formula is C16H16FNO. The third kappa shape index (κ3) is 2.81. The summed E-state index contributed by atoms with van der Waals surface area (Å²) in [6, 6.07) is 11.6. The molecule has 0 aliphatic rings. The van der Waals surface area contributed by atoms with Gasteiger partial charge in [0, 0.05) is 30.9 Å². The summed E-state index contributed by atoms with van der Waals surface area (Å²) in [5.41, 5.74) is 2.84. The summed E-state index contributed by atoms with van der Waals surface area (Å²) < 4.78 is 13.0. The zero-order chi connectivity index (χ0) is 14.0. The molecule has 0 aliphatic carbocycles. The van der Waals surface area contributed by atoms with Gasteiger partial charge < -0.3 is 4.90 Å². The molecule has 0 amide bonds. The van der Waals surface area contributed by atoms with Crippen LogP contribution in [0.4, 0.5) is 10.1 Å². The van der Waals surface area contributed by atoms with E-state index in [0.29, 0.717) is 16.7 Å². The van der Waals surface area contributed by atoms with Crippen LogP contribution in [-0.2, 0) is 0 Å². The van der Waals surface area contributed by atoms with E-state index in [1.165, 1.54) is 18.2 Å². The van der Waals surface area contributed by atoms with Crippen molar-refractivity contribution < 1.29 is 9.18 Å². The Morgan fingerprint density at radius 1 is 1.05 bits per heavy atom. The summed E-state index contributed by atoms with van der Waals surface area (Å²) in [4.78, 5) is 14.3. The van der Waals surface area contributed by atoms with E-state index in [0.717, 1.165) is 5.69 Å². The van der Waals surface area contributed by atoms with E-state index < -0.39 is 0 Å². The molecular weight excluding hydrogens is 241 g/mol. The van der Waals surface area contributed by atoms with Gasteiger partial charge in [0.05, 0.1) is 0 Å². The number of carbonyl (C=O) groups is 1. The zero-order valence-electron chi connectivity index (χ0n) is 11.3. The number of hydrogen-bond acceptors (Lipinski definition) is 2. The van der Waals surface area contributed by atoms with Crippen LogP contribution in [0.25, 0.3) is 0 Å². The molecule has 19 heavy (non-hydrogen) atoms. The summed E-state index contributed by atoms with van der Waals surface area (Å²) in [5, 5.41) is 0. The third-order valence-corrected chi connectivity index (χ3v) is 3.08. The summed E-state index contributed by atoms with van der Waals surface area (Å²) in [5.74, 6) is -0.403. The fourth-order valence-corrected chi connectivity index (χ4v) is 1.95. The molecule has 0 aliphatic heterocycles. The smallest absolute Gasteiger partial charge is 0.193 e. The van der Waals surface area contributed by atoms with Gasteiger partial charge in [-0.15, -0.1) is 0 Å². The summed E-state index contributed by atoms with van der Waals surface area (Å²) in [6.45, 7) is 1.74. The Morgan fingerprint density at radius 3 is 2.21 bits per heavy atom. The quantitative estimate of drug-likeness (QED) is 0.785. The second-order valence-electron chi connectivity index (χ2n) is 4.73. The van der Waals surface area contributed by atoms with E-state index >= 15 is 0 Å². The van der Waals surface area contributed by atoms with Gasteiger partial charge in [-0.3, -0.25) is 4.79 Å². The van der Waals surface area contributed by atoms with Gasteiger partial charge in [0.25, 0.3) is 0 Å². The normalized spacial score (nSPS) is 10.3. The molecule has 98 valence electrons. The van der Waals surface area contributed by atoms with E-state index in [1.807, 2.05) is 31.1 Å². The van der Waals surface area contributed by atoms with Crippen LogP contribution in [0.3, 0.4) is 0 Å². The lowest BCUT2D eigenvalue weighted by atomic mass is 9.99. The first-order valence-electron chi connectivity index (χ1n) is 6.07. The van der Waals surface area contributed by atoms with Crippen molar-refractivity contribution in [3.05, 3.63) is 65.0 Å². The highest BCUT2D eigenvalue weighted by molar-refractivity contribution is 6.10. The molecule has 0 spiro atoms. The Labute approximate surface area is 112 Å². The largest absolute Gasteiger partial charge is 0.378 e. The number of hydrogen-bond donors (Lipinski definition) is 0. The number of benzene rings is 2. The van der Waals surface area contributed by atoms with Crippen LogP contribution in [0, 0.1) is 12.7 Å². The number of halogens is 1. The fourth-order valence-electron chi connectivity index (χ4n) is 1.95. The lowest BCUT2D eigenvalue weighted by molar-refractivity contribution is 0.103. The lowest BCUT2D eigenvalue weighted by Gasteiger charge is -2.12. The molecule has 0 unspecified atom stereocenters. The van der Waals surface area contributed by atoms with Crippen molar-refractivity contribution in [2.45, 2.75) is 6.92 Å². The zero-order valence-corrected chi connectivity index (χ0v) is 11.3. The maximum Gasteiger partial charge on any atom is 0.193 e. The molecule has 2 aromatic carbocycles. The number of ketones is 1. The van der Waals surface area contributed by atoms with Gasteiger partial charge in [0.2, 0.25) is 0 Å². The van der Waals surface area contributed by atoms with Crippen LogP contribution >= 0.6 is 0 Å². The molecule has 0 saturated carbocycles. The second-order valence-corrected chi connectivity index (χ2v) is 4.73. The molecule has 0 heterocycles. The minimum absolute atomic E-state index is 0.0807. The molecule has 0 saturated heterocycles. The van der Waals surface area contributed by atoms with Gasteiger partial charge in [0.15, 0.2) is 5.78 Å². The Kier molecular flexibility index (Phi) is 3.65. The number of anilines is 1. The number of aryl methyl sites for hydroxylation is 1. The number of rotatable bonds is 3. The molecule has 0 atom stereocenters. The molecule has 0 fully saturated rings. The Bertz CT molecular complexity index is 603. The van der Waals surface area contributed by atoms with Crippen molar-refractivity contribution in [1.82, 2.24) is 0 Å². The number of carbonyl (C=O) groups excluding carboxylic acids is 1. The molecule has 2 rings (SSSR count). The van der Waals surface area contributed by atoms with Crippen molar-refractivity contribution in [2.75, 3.05) is 19.0 Å². The maximum absolute atomic E-state index is 13.0. The van der Waals surface area contributed by atoms with Gasteiger partial charge >= 0.3 is 0 Å². The number of nitrogens with zero attached hydrogens (tertiary/aromatic N) is 1. The van der Waals surface area contributed by atoms with Crippen LogP contribution in [0.15, 0.2) is 42.5 Å². The van der Waals surface area contributed by atoms with Gasteiger partial charge in [-0.25, -0.2) is 4.39 Å². The molecule has 2 aromatic rings. The molecule has 0 N–H and O–H groups in total. The summed E-state index contributed by atoms with van der Waals surface area (Å²) in [7, 11) is 3.89. The van der Waals surface area contributed by atoms with Crippen molar-refractivity contribution in [2.24, 2.45) is 0 Å². The Morgan fingerprint density at radius 2 is 1.68 bits per heavy atom. The first-order valence-corrected chi connectivity index (χ1v) is 6.07. The predicted molar refractivity (Wildman–Crippen MR) is 75.3 cm³/mol. The monoisotopic (exact) mass is 257 g/mol. The molecule has 0 radical (unpaired) electrons. The molecule has 3 heteroatoms. The highest BCUT2D eigenvalue weighted by Crippen LogP contribution is 2.18. The van der Waals surface area contributed by atoms with Gasteiger partial charge in [-0.05, 0) is 55.0 Å². The first kappa shape index (κ1) is 13.3. The Balaban J connectivity index is 2.33. The second kappa shape index (κ2) is 5.22. The van der Waals surface area contributed by atoms with E-state index in [4.69, 9.17) is 0 Å². The van der Waals surface area contributed by atoms with Gasteiger partial charge in [-0.1, -0.05) is 0 Å². The highest BCUT2D eigenvalue weighted by atomic mass is 19.1. The van der Waals surface area contributed by atoms with Crippen molar-refractivity contribution in [3.63, 3.8) is 0 Å². The molecule has 0 aromatic heterocycles. The predicted octanol–water partition coefficient (Wildman–Crippen LogP) is 3.43. The molecule has 0 bridgehead atoms. The van der Waals surface area contributed by atoms with Crippen LogP contribution in [-0.4, -0.2) is 19.9 Å². The van der Waals surface area contributed by atoms with Crippen molar-refractivity contribution >= 4 is 11.5 Å². The lowest BCUT2D eigenvalue weighted by Crippen LogP contribution is -2.09. The van der Waals surface area contributed by atoms with Crippen LogP contribution in [0.1, 0.15) is 21.5 Å². The first-order chi connectivity index (χ1) is 8.99. The summed E-state index contributed by atoms with van der Waals surface area (Å²) >= 11 is 0. The van der Waals surface area contributed by atoms with Crippen molar-refractivity contribution in [1.29, 1.82) is 0 Å². The van der Waals surface area contributed by atoms with Gasteiger partial charge in [-0.2, -0.15) is 0 Å². The highest BCUT2D eigenvalue weighted by Gasteiger charge is 2.12. The topological polar surface area (TPSA) is 20.3 Å². The van der Waals surface area contributed by atoms with Crippen LogP contribution < -0.4 is 4.90 Å². The van der Waals surface area contributed by atoms with E-state index in [1.54, 1.807) is 19.1 Å². The standard InChI is InChI=1S/C16H16FNO/c1-11-10-13(17)6-9-15(11)16(19)12-4-7-14(8-5-12)18(2)3/h4-10H,1-3H3. The minimum atomic E-state index is -0.322. The van der Waals surface area contributed by atoms with E-state index in [-0.39, 0.29) is 11.6 Å². The minimum Gasteiger partial charge on any atom is -0.378 e. The maximum atomic E-state index is 13.0. The Hall–Kier alpha value is -2.16. The van der Waals surface area contributed by atoms with Crippen LogP contribution in [0.2, 0.25) is 0 Å². The van der Waals surface area contributed by atoms with E-state index in [2.05, 4.69) is 0 Å². The third-order valence-electron chi connectivity index (χ3n) is 3.08. The van der Waals surface area contributed by atoms with Crippen molar-refractivity contribution in [3.8, 4) is 0 Å². The molecule has 2 nitrogen and oxygen atoms in total. The van der Waals surface area contributed by atoms with E-state index in [9.17, 15) is 9.18 Å². The summed E-state index contributed by atoms with van der Waals surface area (Å²) in [6.07, 6.45) is 0. The SMILES string of the molecule is Cc1cc(F)ccc1C(=O)c1ccc(N(C)C)cc1. The average molecular weight is 257 g/mol. The average Bonchev–Trinajstić information content (AvgIpc) is 2.38. The fraction of sp³-hybridized carbons (Fsp3) is 0.188. The van der Waals surface area contributed by atoms with Gasteiger partial charge in [0.1, 0.15) is 5.82 Å². The van der Waals surface area contributed by atoms with Crippen LogP contribution in [0.5, 0.6) is 0 Å².